The Kier molecular flexibility index (Phi) is 6.14. The van der Waals surface area contributed by atoms with E-state index < -0.39 is 11.0 Å². The third-order valence-electron chi connectivity index (χ3n) is 2.93. The van der Waals surface area contributed by atoms with Crippen molar-refractivity contribution in [3.05, 3.63) is 32.3 Å². The van der Waals surface area contributed by atoms with Crippen LogP contribution in [0.2, 0.25) is 0 Å². The Morgan fingerprint density at radius 1 is 1.38 bits per heavy atom. The molecule has 0 saturated heterocycles. The summed E-state index contributed by atoms with van der Waals surface area (Å²) in [5.41, 5.74) is 1.25. The van der Waals surface area contributed by atoms with E-state index >= 15 is 0 Å². The number of nitrogens with one attached hydrogen (secondary N) is 2. The fourth-order valence-corrected chi connectivity index (χ4v) is 2.18. The van der Waals surface area contributed by atoms with Crippen molar-refractivity contribution in [3.8, 4) is 0 Å². The van der Waals surface area contributed by atoms with Crippen LogP contribution in [-0.2, 0) is 4.79 Å². The first-order valence-electron chi connectivity index (χ1n) is 6.71. The highest BCUT2D eigenvalue weighted by atomic mass is 79.9. The molecule has 0 bridgehead atoms. The number of nitro groups is 1. The molecule has 0 fully saturated rings. The molecule has 116 valence electrons. The Morgan fingerprint density at radius 2 is 2.00 bits per heavy atom. The van der Waals surface area contributed by atoms with Crippen LogP contribution in [0, 0.1) is 23.0 Å². The van der Waals surface area contributed by atoms with Crippen molar-refractivity contribution < 1.29 is 9.72 Å². The molecule has 1 amide bonds. The summed E-state index contributed by atoms with van der Waals surface area (Å²) in [4.78, 5) is 22.4. The maximum atomic E-state index is 11.9. The van der Waals surface area contributed by atoms with E-state index in [9.17, 15) is 14.9 Å². The topological polar surface area (TPSA) is 84.3 Å². The summed E-state index contributed by atoms with van der Waals surface area (Å²) in [6, 6.07) is 2.67. The lowest BCUT2D eigenvalue weighted by Gasteiger charge is -2.17. The lowest BCUT2D eigenvalue weighted by Crippen LogP contribution is -2.39. The third kappa shape index (κ3) is 5.00. The van der Waals surface area contributed by atoms with Gasteiger partial charge < -0.3 is 10.6 Å². The van der Waals surface area contributed by atoms with Crippen molar-refractivity contribution in [2.45, 2.75) is 33.7 Å². The number of rotatable bonds is 6. The number of benzene rings is 1. The predicted octanol–water partition coefficient (Wildman–Crippen LogP) is 3.24. The summed E-state index contributed by atoms with van der Waals surface area (Å²) in [6.07, 6.45) is 0. The SMILES string of the molecule is Cc1cc(NC(C)C(=O)NCC(C)C)c(Br)cc1[N+](=O)[O-]. The van der Waals surface area contributed by atoms with Crippen molar-refractivity contribution in [1.29, 1.82) is 0 Å². The van der Waals surface area contributed by atoms with Crippen LogP contribution in [0.1, 0.15) is 26.3 Å². The second-order valence-corrected chi connectivity index (χ2v) is 6.24. The largest absolute Gasteiger partial charge is 0.373 e. The first-order valence-corrected chi connectivity index (χ1v) is 7.50. The molecule has 0 saturated carbocycles. The Balaban J connectivity index is 2.81. The van der Waals surface area contributed by atoms with Crippen molar-refractivity contribution in [3.63, 3.8) is 0 Å². The molecule has 21 heavy (non-hydrogen) atoms. The number of nitrogens with zero attached hydrogens (tertiary/aromatic N) is 1. The van der Waals surface area contributed by atoms with Gasteiger partial charge in [-0.1, -0.05) is 13.8 Å². The smallest absolute Gasteiger partial charge is 0.273 e. The van der Waals surface area contributed by atoms with Crippen LogP contribution in [0.3, 0.4) is 0 Å². The van der Waals surface area contributed by atoms with Crippen LogP contribution in [0.4, 0.5) is 11.4 Å². The molecule has 1 unspecified atom stereocenters. The normalized spacial score (nSPS) is 12.1. The molecule has 0 radical (unpaired) electrons. The molecule has 0 aliphatic carbocycles. The van der Waals surface area contributed by atoms with Gasteiger partial charge in [-0.05, 0) is 41.8 Å². The zero-order valence-electron chi connectivity index (χ0n) is 12.6. The van der Waals surface area contributed by atoms with E-state index in [1.165, 1.54) is 6.07 Å². The molecular formula is C14H20BrN3O3. The number of anilines is 1. The molecule has 0 aliphatic heterocycles. The monoisotopic (exact) mass is 357 g/mol. The van der Waals surface area contributed by atoms with Crippen LogP contribution < -0.4 is 10.6 Å². The Morgan fingerprint density at radius 3 is 2.52 bits per heavy atom. The standard InChI is InChI=1S/C14H20BrN3O3/c1-8(2)7-16-14(19)10(4)17-12-5-9(3)13(18(20)21)6-11(12)15/h5-6,8,10,17H,7H2,1-4H3,(H,16,19). The lowest BCUT2D eigenvalue weighted by atomic mass is 10.1. The number of carbonyl (C=O) groups is 1. The molecule has 0 aromatic heterocycles. The average Bonchev–Trinajstić information content (AvgIpc) is 2.39. The van der Waals surface area contributed by atoms with Gasteiger partial charge >= 0.3 is 0 Å². The average molecular weight is 358 g/mol. The summed E-state index contributed by atoms with van der Waals surface area (Å²) in [5.74, 6) is 0.279. The maximum absolute atomic E-state index is 11.9. The summed E-state index contributed by atoms with van der Waals surface area (Å²) in [6.45, 7) is 8.08. The van der Waals surface area contributed by atoms with Crippen LogP contribution in [0.5, 0.6) is 0 Å². The number of amides is 1. The number of carbonyl (C=O) groups excluding carboxylic acids is 1. The lowest BCUT2D eigenvalue weighted by molar-refractivity contribution is -0.385. The summed E-state index contributed by atoms with van der Waals surface area (Å²) >= 11 is 3.29. The molecular weight excluding hydrogens is 338 g/mol. The van der Waals surface area contributed by atoms with Gasteiger partial charge in [-0.3, -0.25) is 14.9 Å². The fourth-order valence-electron chi connectivity index (χ4n) is 1.73. The summed E-state index contributed by atoms with van der Waals surface area (Å²) in [5, 5.41) is 16.8. The van der Waals surface area contributed by atoms with E-state index in [1.54, 1.807) is 19.9 Å². The van der Waals surface area contributed by atoms with Gasteiger partial charge in [-0.15, -0.1) is 0 Å². The van der Waals surface area contributed by atoms with Gasteiger partial charge in [-0.25, -0.2) is 0 Å². The second kappa shape index (κ2) is 7.40. The third-order valence-corrected chi connectivity index (χ3v) is 3.59. The van der Waals surface area contributed by atoms with E-state index in [1.807, 2.05) is 13.8 Å². The molecule has 0 aliphatic rings. The van der Waals surface area contributed by atoms with Gasteiger partial charge in [0, 0.05) is 28.3 Å². The van der Waals surface area contributed by atoms with Crippen molar-refractivity contribution in [2.75, 3.05) is 11.9 Å². The minimum Gasteiger partial charge on any atom is -0.373 e. The Labute approximate surface area is 132 Å². The molecule has 1 aromatic rings. The van der Waals surface area contributed by atoms with Crippen LogP contribution in [0.15, 0.2) is 16.6 Å². The molecule has 0 spiro atoms. The van der Waals surface area contributed by atoms with E-state index in [0.29, 0.717) is 28.2 Å². The highest BCUT2D eigenvalue weighted by Gasteiger charge is 2.18. The number of hydrogen-bond donors (Lipinski definition) is 2. The first-order chi connectivity index (χ1) is 9.72. The van der Waals surface area contributed by atoms with Crippen LogP contribution >= 0.6 is 15.9 Å². The zero-order valence-corrected chi connectivity index (χ0v) is 14.2. The zero-order chi connectivity index (χ0) is 16.2. The molecule has 7 heteroatoms. The van der Waals surface area contributed by atoms with Crippen molar-refractivity contribution >= 4 is 33.2 Å². The van der Waals surface area contributed by atoms with Crippen LogP contribution in [0.25, 0.3) is 0 Å². The Bertz CT molecular complexity index is 547. The molecule has 1 rings (SSSR count). The summed E-state index contributed by atoms with van der Waals surface area (Å²) < 4.78 is 0.559. The van der Waals surface area contributed by atoms with Gasteiger partial charge in [0.15, 0.2) is 0 Å². The molecule has 0 heterocycles. The number of aryl methyl sites for hydroxylation is 1. The first kappa shape index (κ1) is 17.4. The second-order valence-electron chi connectivity index (χ2n) is 5.38. The Hall–Kier alpha value is -1.63. The number of halogens is 1. The number of hydrogen-bond acceptors (Lipinski definition) is 4. The number of nitro benzene ring substituents is 1. The molecule has 2 N–H and O–H groups in total. The van der Waals surface area contributed by atoms with Gasteiger partial charge in [0.05, 0.1) is 4.92 Å². The van der Waals surface area contributed by atoms with E-state index in [0.717, 1.165) is 0 Å². The minimum atomic E-state index is -0.430. The fraction of sp³-hybridized carbons (Fsp3) is 0.500. The molecule has 6 nitrogen and oxygen atoms in total. The predicted molar refractivity (Wildman–Crippen MR) is 86.5 cm³/mol. The molecule has 1 atom stereocenters. The quantitative estimate of drug-likeness (QED) is 0.604. The van der Waals surface area contributed by atoms with Gasteiger partial charge in [0.25, 0.3) is 5.69 Å². The van der Waals surface area contributed by atoms with Crippen molar-refractivity contribution in [2.24, 2.45) is 5.92 Å². The van der Waals surface area contributed by atoms with Gasteiger partial charge in [0.2, 0.25) is 5.91 Å². The summed E-state index contributed by atoms with van der Waals surface area (Å²) in [7, 11) is 0. The highest BCUT2D eigenvalue weighted by molar-refractivity contribution is 9.10. The van der Waals surface area contributed by atoms with Crippen LogP contribution in [-0.4, -0.2) is 23.4 Å². The highest BCUT2D eigenvalue weighted by Crippen LogP contribution is 2.30. The van der Waals surface area contributed by atoms with E-state index in [4.69, 9.17) is 0 Å². The minimum absolute atomic E-state index is 0.0457. The van der Waals surface area contributed by atoms with E-state index in [2.05, 4.69) is 26.6 Å². The van der Waals surface area contributed by atoms with E-state index in [-0.39, 0.29) is 11.6 Å². The van der Waals surface area contributed by atoms with Gasteiger partial charge in [0.1, 0.15) is 6.04 Å². The van der Waals surface area contributed by atoms with Crippen molar-refractivity contribution in [1.82, 2.24) is 5.32 Å². The van der Waals surface area contributed by atoms with Gasteiger partial charge in [-0.2, -0.15) is 0 Å². The maximum Gasteiger partial charge on any atom is 0.273 e. The molecule has 1 aromatic carbocycles.